The molecular formula is C25H24ClF2N5O. The molecule has 3 aromatic rings. The number of nitrogens with zero attached hydrogens (tertiary/aromatic N) is 5. The fourth-order valence-electron chi connectivity index (χ4n) is 4.75. The van der Waals surface area contributed by atoms with Crippen molar-refractivity contribution in [1.82, 2.24) is 19.9 Å². The van der Waals surface area contributed by atoms with Gasteiger partial charge in [-0.25, -0.2) is 18.7 Å². The molecule has 1 aromatic carbocycles. The van der Waals surface area contributed by atoms with Gasteiger partial charge in [-0.1, -0.05) is 24.4 Å². The highest BCUT2D eigenvalue weighted by molar-refractivity contribution is 6.33. The molecule has 3 heterocycles. The van der Waals surface area contributed by atoms with E-state index >= 15 is 0 Å². The van der Waals surface area contributed by atoms with E-state index in [4.69, 9.17) is 16.6 Å². The van der Waals surface area contributed by atoms with Crippen molar-refractivity contribution in [2.24, 2.45) is 5.92 Å². The first-order valence-corrected chi connectivity index (χ1v) is 11.8. The Morgan fingerprint density at radius 1 is 0.971 bits per heavy atom. The zero-order valence-electron chi connectivity index (χ0n) is 18.6. The Hall–Kier alpha value is -3.13. The number of amides is 1. The molecule has 9 heteroatoms. The molecule has 0 N–H and O–H groups in total. The minimum absolute atomic E-state index is 0.135. The monoisotopic (exact) mass is 483 g/mol. The number of anilines is 1. The van der Waals surface area contributed by atoms with Crippen LogP contribution in [0.5, 0.6) is 0 Å². The smallest absolute Gasteiger partial charge is 0.225 e. The van der Waals surface area contributed by atoms with E-state index in [-0.39, 0.29) is 23.1 Å². The van der Waals surface area contributed by atoms with Gasteiger partial charge in [0.1, 0.15) is 23.1 Å². The van der Waals surface area contributed by atoms with Crippen LogP contribution in [0.25, 0.3) is 22.5 Å². The van der Waals surface area contributed by atoms with Crippen LogP contribution in [-0.4, -0.2) is 51.9 Å². The zero-order valence-corrected chi connectivity index (χ0v) is 19.3. The highest BCUT2D eigenvalue weighted by Gasteiger charge is 2.30. The number of aromatic nitrogens is 3. The lowest BCUT2D eigenvalue weighted by Crippen LogP contribution is -2.50. The summed E-state index contributed by atoms with van der Waals surface area (Å²) in [4.78, 5) is 30.1. The van der Waals surface area contributed by atoms with Gasteiger partial charge >= 0.3 is 0 Å². The van der Waals surface area contributed by atoms with Crippen molar-refractivity contribution >= 4 is 23.3 Å². The molecule has 1 aliphatic carbocycles. The van der Waals surface area contributed by atoms with Gasteiger partial charge in [-0.2, -0.15) is 0 Å². The molecule has 2 aromatic heterocycles. The second-order valence-corrected chi connectivity index (χ2v) is 9.11. The summed E-state index contributed by atoms with van der Waals surface area (Å²) in [6, 6.07) is 5.05. The minimum Gasteiger partial charge on any atom is -0.352 e. The van der Waals surface area contributed by atoms with Crippen molar-refractivity contribution in [2.45, 2.75) is 25.7 Å². The molecule has 0 atom stereocenters. The van der Waals surface area contributed by atoms with Crippen LogP contribution in [0.4, 0.5) is 14.6 Å². The van der Waals surface area contributed by atoms with Gasteiger partial charge in [0.15, 0.2) is 0 Å². The van der Waals surface area contributed by atoms with Crippen molar-refractivity contribution in [3.8, 4) is 22.5 Å². The van der Waals surface area contributed by atoms with Crippen LogP contribution in [0.1, 0.15) is 25.7 Å². The fourth-order valence-corrected chi connectivity index (χ4v) is 4.96. The molecule has 2 fully saturated rings. The molecule has 6 nitrogen and oxygen atoms in total. The average Bonchev–Trinajstić information content (AvgIpc) is 3.39. The summed E-state index contributed by atoms with van der Waals surface area (Å²) >= 11 is 6.40. The van der Waals surface area contributed by atoms with Crippen LogP contribution in [0.15, 0.2) is 42.9 Å². The Bertz CT molecular complexity index is 1210. The predicted octanol–water partition coefficient (Wildman–Crippen LogP) is 4.98. The lowest BCUT2D eigenvalue weighted by atomic mass is 10.0. The van der Waals surface area contributed by atoms with Gasteiger partial charge in [0.05, 0.1) is 16.9 Å². The molecule has 1 amide bonds. The maximum absolute atomic E-state index is 14.6. The van der Waals surface area contributed by atoms with E-state index in [9.17, 15) is 13.6 Å². The first kappa shape index (κ1) is 22.7. The molecule has 1 saturated carbocycles. The summed E-state index contributed by atoms with van der Waals surface area (Å²) in [5.41, 5.74) is 1.35. The second kappa shape index (κ2) is 9.62. The molecule has 0 spiro atoms. The van der Waals surface area contributed by atoms with Gasteiger partial charge in [0.2, 0.25) is 5.91 Å². The third kappa shape index (κ3) is 4.46. The summed E-state index contributed by atoms with van der Waals surface area (Å²) < 4.78 is 28.1. The highest BCUT2D eigenvalue weighted by Crippen LogP contribution is 2.35. The standard InChI is InChI=1S/C25H24ClF2N5O/c26-20-14-29-8-7-18(20)24-23(19-6-5-17(27)13-21(19)28)30-15-22(31-24)32-9-11-33(12-10-32)25(34)16-3-1-2-4-16/h5-8,13-16H,1-4,9-12H2. The van der Waals surface area contributed by atoms with E-state index in [1.54, 1.807) is 18.5 Å². The van der Waals surface area contributed by atoms with Gasteiger partial charge < -0.3 is 9.80 Å². The number of hydrogen-bond donors (Lipinski definition) is 0. The summed E-state index contributed by atoms with van der Waals surface area (Å²) in [6.07, 6.45) is 8.90. The first-order chi connectivity index (χ1) is 16.5. The SMILES string of the molecule is O=C(C1CCCC1)N1CCN(c2cnc(-c3ccc(F)cc3F)c(-c3ccncc3Cl)n2)CC1. The van der Waals surface area contributed by atoms with E-state index in [2.05, 4.69) is 14.9 Å². The highest BCUT2D eigenvalue weighted by atomic mass is 35.5. The van der Waals surface area contributed by atoms with Crippen LogP contribution in [0.3, 0.4) is 0 Å². The number of hydrogen-bond acceptors (Lipinski definition) is 5. The van der Waals surface area contributed by atoms with E-state index in [0.29, 0.717) is 48.3 Å². The topological polar surface area (TPSA) is 62.2 Å². The summed E-state index contributed by atoms with van der Waals surface area (Å²) in [6.45, 7) is 2.50. The predicted molar refractivity (Wildman–Crippen MR) is 126 cm³/mol. The number of halogens is 3. The number of carbonyl (C=O) groups is 1. The fraction of sp³-hybridized carbons (Fsp3) is 0.360. The Kier molecular flexibility index (Phi) is 6.41. The van der Waals surface area contributed by atoms with Crippen LogP contribution < -0.4 is 4.90 Å². The molecule has 176 valence electrons. The Morgan fingerprint density at radius 3 is 2.44 bits per heavy atom. The van der Waals surface area contributed by atoms with Crippen LogP contribution in [-0.2, 0) is 4.79 Å². The van der Waals surface area contributed by atoms with Crippen molar-refractivity contribution in [3.05, 3.63) is 59.5 Å². The molecule has 34 heavy (non-hydrogen) atoms. The molecule has 5 rings (SSSR count). The van der Waals surface area contributed by atoms with Gasteiger partial charge in [0.25, 0.3) is 0 Å². The summed E-state index contributed by atoms with van der Waals surface area (Å²) in [5, 5.41) is 0.352. The second-order valence-electron chi connectivity index (χ2n) is 8.70. The van der Waals surface area contributed by atoms with Gasteiger partial charge in [-0.15, -0.1) is 0 Å². The van der Waals surface area contributed by atoms with Crippen molar-refractivity contribution in [1.29, 1.82) is 0 Å². The van der Waals surface area contributed by atoms with Crippen LogP contribution in [0, 0.1) is 17.6 Å². The third-order valence-corrected chi connectivity index (χ3v) is 6.89. The number of carbonyl (C=O) groups excluding carboxylic acids is 1. The third-order valence-electron chi connectivity index (χ3n) is 6.59. The van der Waals surface area contributed by atoms with Gasteiger partial charge in [-0.3, -0.25) is 9.78 Å². The molecule has 0 radical (unpaired) electrons. The van der Waals surface area contributed by atoms with Gasteiger partial charge in [-0.05, 0) is 31.0 Å². The molecule has 1 aliphatic heterocycles. The first-order valence-electron chi connectivity index (χ1n) is 11.5. The van der Waals surface area contributed by atoms with Crippen molar-refractivity contribution in [2.75, 3.05) is 31.1 Å². The number of piperazine rings is 1. The maximum Gasteiger partial charge on any atom is 0.225 e. The average molecular weight is 484 g/mol. The number of rotatable bonds is 4. The van der Waals surface area contributed by atoms with Crippen molar-refractivity contribution in [3.63, 3.8) is 0 Å². The van der Waals surface area contributed by atoms with Crippen molar-refractivity contribution < 1.29 is 13.6 Å². The normalized spacial score (nSPS) is 16.8. The largest absolute Gasteiger partial charge is 0.352 e. The number of benzene rings is 1. The Balaban J connectivity index is 1.45. The molecular weight excluding hydrogens is 460 g/mol. The van der Waals surface area contributed by atoms with E-state index in [1.165, 1.54) is 18.3 Å². The van der Waals surface area contributed by atoms with Crippen LogP contribution in [0.2, 0.25) is 5.02 Å². The van der Waals surface area contributed by atoms with E-state index in [1.807, 2.05) is 4.90 Å². The summed E-state index contributed by atoms with van der Waals surface area (Å²) in [5.74, 6) is -0.361. The number of pyridine rings is 1. The van der Waals surface area contributed by atoms with Gasteiger partial charge in [0, 0.05) is 61.7 Å². The minimum atomic E-state index is -0.729. The lowest BCUT2D eigenvalue weighted by Gasteiger charge is -2.36. The molecule has 0 bridgehead atoms. The molecule has 1 saturated heterocycles. The Morgan fingerprint density at radius 2 is 1.74 bits per heavy atom. The molecule has 0 unspecified atom stereocenters. The van der Waals surface area contributed by atoms with Crippen LogP contribution >= 0.6 is 11.6 Å². The summed E-state index contributed by atoms with van der Waals surface area (Å²) in [7, 11) is 0. The molecule has 2 aliphatic rings. The van der Waals surface area contributed by atoms with E-state index < -0.39 is 11.6 Å². The van der Waals surface area contributed by atoms with E-state index in [0.717, 1.165) is 31.7 Å². The quantitative estimate of drug-likeness (QED) is 0.524. The zero-order chi connectivity index (χ0) is 23.7. The lowest BCUT2D eigenvalue weighted by molar-refractivity contribution is -0.135. The maximum atomic E-state index is 14.6. The Labute approximate surface area is 201 Å².